The highest BCUT2D eigenvalue weighted by Gasteiger charge is 2.29. The molecule has 2 fully saturated rings. The monoisotopic (exact) mass is 316 g/mol. The van der Waals surface area contributed by atoms with E-state index in [4.69, 9.17) is 4.74 Å². The van der Waals surface area contributed by atoms with Crippen molar-refractivity contribution >= 4 is 5.91 Å². The molecule has 1 aliphatic heterocycles. The molecule has 1 saturated carbocycles. The third kappa shape index (κ3) is 3.86. The maximum atomic E-state index is 12.6. The summed E-state index contributed by atoms with van der Waals surface area (Å²) in [4.78, 5) is 17.2. The van der Waals surface area contributed by atoms with Gasteiger partial charge in [0, 0.05) is 37.8 Å². The summed E-state index contributed by atoms with van der Waals surface area (Å²) in [7, 11) is 1.64. The van der Waals surface area contributed by atoms with Crippen LogP contribution in [0.5, 0.6) is 5.75 Å². The van der Waals surface area contributed by atoms with Crippen molar-refractivity contribution < 1.29 is 9.53 Å². The topological polar surface area (TPSA) is 32.8 Å². The molecule has 1 amide bonds. The molecule has 0 unspecified atom stereocenters. The molecule has 4 nitrogen and oxygen atoms in total. The van der Waals surface area contributed by atoms with E-state index in [1.165, 1.54) is 25.7 Å². The van der Waals surface area contributed by atoms with Gasteiger partial charge in [0.2, 0.25) is 0 Å². The molecular formula is C19H28N2O2. The lowest BCUT2D eigenvalue weighted by atomic mass is 9.86. The van der Waals surface area contributed by atoms with E-state index in [0.29, 0.717) is 0 Å². The summed E-state index contributed by atoms with van der Waals surface area (Å²) >= 11 is 0. The van der Waals surface area contributed by atoms with E-state index in [1.54, 1.807) is 7.11 Å². The van der Waals surface area contributed by atoms with Crippen molar-refractivity contribution in [2.45, 2.75) is 38.6 Å². The number of rotatable bonds is 3. The quantitative estimate of drug-likeness (QED) is 0.859. The van der Waals surface area contributed by atoms with Crippen molar-refractivity contribution in [2.75, 3.05) is 33.3 Å². The number of carbonyl (C=O) groups is 1. The van der Waals surface area contributed by atoms with Crippen LogP contribution in [0.4, 0.5) is 0 Å². The van der Waals surface area contributed by atoms with Crippen LogP contribution in [0, 0.1) is 5.92 Å². The fraction of sp³-hybridized carbons (Fsp3) is 0.632. The van der Waals surface area contributed by atoms with Crippen LogP contribution in [0.15, 0.2) is 24.3 Å². The third-order valence-corrected chi connectivity index (χ3v) is 5.36. The summed E-state index contributed by atoms with van der Waals surface area (Å²) in [5.41, 5.74) is 0.755. The van der Waals surface area contributed by atoms with Gasteiger partial charge in [-0.1, -0.05) is 19.8 Å². The molecule has 4 heteroatoms. The molecule has 2 atom stereocenters. The zero-order valence-electron chi connectivity index (χ0n) is 14.3. The average molecular weight is 316 g/mol. The maximum absolute atomic E-state index is 12.6. The fourth-order valence-electron chi connectivity index (χ4n) is 3.94. The highest BCUT2D eigenvalue weighted by molar-refractivity contribution is 5.94. The Morgan fingerprint density at radius 2 is 1.78 bits per heavy atom. The first kappa shape index (κ1) is 16.3. The van der Waals surface area contributed by atoms with Crippen molar-refractivity contribution in [1.82, 2.24) is 9.80 Å². The van der Waals surface area contributed by atoms with Crippen molar-refractivity contribution in [3.05, 3.63) is 29.8 Å². The predicted molar refractivity (Wildman–Crippen MR) is 91.9 cm³/mol. The van der Waals surface area contributed by atoms with Crippen LogP contribution in [-0.2, 0) is 0 Å². The summed E-state index contributed by atoms with van der Waals surface area (Å²) in [6.45, 7) is 6.08. The number of piperazine rings is 1. The molecule has 1 aromatic carbocycles. The number of methoxy groups -OCH3 is 1. The van der Waals surface area contributed by atoms with Gasteiger partial charge < -0.3 is 9.64 Å². The van der Waals surface area contributed by atoms with Gasteiger partial charge in [-0.2, -0.15) is 0 Å². The highest BCUT2D eigenvalue weighted by atomic mass is 16.5. The van der Waals surface area contributed by atoms with E-state index in [9.17, 15) is 4.79 Å². The smallest absolute Gasteiger partial charge is 0.253 e. The Morgan fingerprint density at radius 1 is 1.09 bits per heavy atom. The summed E-state index contributed by atoms with van der Waals surface area (Å²) in [6.07, 6.45) is 5.40. The number of carbonyl (C=O) groups excluding carboxylic acids is 1. The van der Waals surface area contributed by atoms with Crippen LogP contribution >= 0.6 is 0 Å². The fourth-order valence-corrected chi connectivity index (χ4v) is 3.94. The first-order chi connectivity index (χ1) is 11.2. The number of hydrogen-bond acceptors (Lipinski definition) is 3. The second-order valence-corrected chi connectivity index (χ2v) is 6.98. The number of hydrogen-bond donors (Lipinski definition) is 0. The van der Waals surface area contributed by atoms with Crippen LogP contribution in [0.2, 0.25) is 0 Å². The first-order valence-corrected chi connectivity index (χ1v) is 8.84. The summed E-state index contributed by atoms with van der Waals surface area (Å²) < 4.78 is 5.15. The predicted octanol–water partition coefficient (Wildman–Crippen LogP) is 3.03. The number of nitrogens with zero attached hydrogens (tertiary/aromatic N) is 2. The van der Waals surface area contributed by atoms with E-state index in [1.807, 2.05) is 29.2 Å². The molecule has 0 aromatic heterocycles. The SMILES string of the molecule is COc1ccc(C(=O)N2CCN([C@H]3CCC[C@H](C)C3)CC2)cc1. The lowest BCUT2D eigenvalue weighted by molar-refractivity contribution is 0.0489. The van der Waals surface area contributed by atoms with Crippen LogP contribution < -0.4 is 4.74 Å². The minimum atomic E-state index is 0.143. The van der Waals surface area contributed by atoms with E-state index >= 15 is 0 Å². The molecule has 2 aliphatic rings. The largest absolute Gasteiger partial charge is 0.497 e. The van der Waals surface area contributed by atoms with Crippen molar-refractivity contribution in [3.63, 3.8) is 0 Å². The Balaban J connectivity index is 1.54. The van der Waals surface area contributed by atoms with Gasteiger partial charge in [0.25, 0.3) is 5.91 Å². The normalized spacial score (nSPS) is 26.1. The van der Waals surface area contributed by atoms with Gasteiger partial charge in [-0.15, -0.1) is 0 Å². The lowest BCUT2D eigenvalue weighted by Crippen LogP contribution is -2.52. The Morgan fingerprint density at radius 3 is 2.39 bits per heavy atom. The molecule has 126 valence electrons. The molecular weight excluding hydrogens is 288 g/mol. The van der Waals surface area contributed by atoms with Gasteiger partial charge in [-0.05, 0) is 43.0 Å². The summed E-state index contributed by atoms with van der Waals surface area (Å²) in [5.74, 6) is 1.79. The zero-order valence-corrected chi connectivity index (χ0v) is 14.3. The zero-order chi connectivity index (χ0) is 16.2. The van der Waals surface area contributed by atoms with E-state index in [0.717, 1.165) is 49.5 Å². The molecule has 1 heterocycles. The Labute approximate surface area is 139 Å². The number of benzene rings is 1. The van der Waals surface area contributed by atoms with E-state index < -0.39 is 0 Å². The Bertz CT molecular complexity index is 521. The molecule has 1 aromatic rings. The molecule has 0 spiro atoms. The average Bonchev–Trinajstić information content (AvgIpc) is 2.61. The minimum Gasteiger partial charge on any atom is -0.497 e. The molecule has 0 bridgehead atoms. The minimum absolute atomic E-state index is 0.143. The van der Waals surface area contributed by atoms with Crippen LogP contribution in [-0.4, -0.2) is 55.0 Å². The van der Waals surface area contributed by atoms with Gasteiger partial charge in [-0.3, -0.25) is 9.69 Å². The molecule has 1 saturated heterocycles. The molecule has 0 N–H and O–H groups in total. The third-order valence-electron chi connectivity index (χ3n) is 5.36. The van der Waals surface area contributed by atoms with Gasteiger partial charge in [0.1, 0.15) is 5.75 Å². The Hall–Kier alpha value is -1.55. The van der Waals surface area contributed by atoms with Crippen LogP contribution in [0.3, 0.4) is 0 Å². The van der Waals surface area contributed by atoms with Crippen molar-refractivity contribution in [3.8, 4) is 5.75 Å². The van der Waals surface area contributed by atoms with Gasteiger partial charge in [-0.25, -0.2) is 0 Å². The van der Waals surface area contributed by atoms with E-state index in [-0.39, 0.29) is 5.91 Å². The van der Waals surface area contributed by atoms with Gasteiger partial charge in [0.15, 0.2) is 0 Å². The van der Waals surface area contributed by atoms with Crippen molar-refractivity contribution in [2.24, 2.45) is 5.92 Å². The highest BCUT2D eigenvalue weighted by Crippen LogP contribution is 2.28. The lowest BCUT2D eigenvalue weighted by Gasteiger charge is -2.42. The van der Waals surface area contributed by atoms with Crippen LogP contribution in [0.25, 0.3) is 0 Å². The van der Waals surface area contributed by atoms with Gasteiger partial charge >= 0.3 is 0 Å². The summed E-state index contributed by atoms with van der Waals surface area (Å²) in [5, 5.41) is 0. The molecule has 23 heavy (non-hydrogen) atoms. The Kier molecular flexibility index (Phi) is 5.21. The molecule has 1 aliphatic carbocycles. The summed E-state index contributed by atoms with van der Waals surface area (Å²) in [6, 6.07) is 8.16. The second-order valence-electron chi connectivity index (χ2n) is 6.98. The van der Waals surface area contributed by atoms with Gasteiger partial charge in [0.05, 0.1) is 7.11 Å². The van der Waals surface area contributed by atoms with E-state index in [2.05, 4.69) is 11.8 Å². The van der Waals surface area contributed by atoms with Crippen molar-refractivity contribution in [1.29, 1.82) is 0 Å². The first-order valence-electron chi connectivity index (χ1n) is 8.84. The number of amides is 1. The van der Waals surface area contributed by atoms with Crippen LogP contribution in [0.1, 0.15) is 43.0 Å². The maximum Gasteiger partial charge on any atom is 0.253 e. The molecule has 3 rings (SSSR count). The standard InChI is InChI=1S/C19H28N2O2/c1-15-4-3-5-17(14-15)20-10-12-21(13-11-20)19(22)16-6-8-18(23-2)9-7-16/h6-9,15,17H,3-5,10-14H2,1-2H3/t15-,17-/m0/s1. The molecule has 0 radical (unpaired) electrons. The number of ether oxygens (including phenoxy) is 1. The second kappa shape index (κ2) is 7.35.